The van der Waals surface area contributed by atoms with E-state index in [-0.39, 0.29) is 12.3 Å². The molecule has 2 N–H and O–H groups in total. The average molecular weight is 472 g/mol. The van der Waals surface area contributed by atoms with Gasteiger partial charge in [0.05, 0.1) is 6.61 Å². The molecule has 0 aromatic heterocycles. The number of esters is 1. The summed E-state index contributed by atoms with van der Waals surface area (Å²) in [6.45, 7) is 4.33. The summed E-state index contributed by atoms with van der Waals surface area (Å²) < 4.78 is 5.37. The number of hydrogen-bond acceptors (Lipinski definition) is 5. The van der Waals surface area contributed by atoms with E-state index in [1.165, 1.54) is 0 Å². The lowest BCUT2D eigenvalue weighted by molar-refractivity contribution is -0.146. The molecule has 1 unspecified atom stereocenters. The first-order chi connectivity index (χ1) is 15.9. The molecule has 0 bridgehead atoms. The SMILES string of the molecule is CCCCOC(=O)C(CCSC)NC(=O)c1ccc(CCC(=O)O)cc1-c1ccccc1C. The largest absolute Gasteiger partial charge is 0.481 e. The number of carbonyl (C=O) groups is 3. The number of amides is 1. The summed E-state index contributed by atoms with van der Waals surface area (Å²) in [7, 11) is 0. The van der Waals surface area contributed by atoms with Crippen LogP contribution in [0.25, 0.3) is 11.1 Å². The molecule has 7 heteroatoms. The van der Waals surface area contributed by atoms with Gasteiger partial charge < -0.3 is 15.2 Å². The molecule has 2 aromatic rings. The number of hydrogen-bond donors (Lipinski definition) is 2. The summed E-state index contributed by atoms with van der Waals surface area (Å²) in [5, 5.41) is 11.9. The van der Waals surface area contributed by atoms with Gasteiger partial charge in [-0.25, -0.2) is 4.79 Å². The maximum atomic E-state index is 13.3. The second kappa shape index (κ2) is 13.7. The molecule has 0 fully saturated rings. The van der Waals surface area contributed by atoms with Crippen LogP contribution in [0.2, 0.25) is 0 Å². The van der Waals surface area contributed by atoms with E-state index in [0.717, 1.165) is 35.1 Å². The van der Waals surface area contributed by atoms with Crippen LogP contribution in [0.3, 0.4) is 0 Å². The minimum atomic E-state index is -0.868. The van der Waals surface area contributed by atoms with Gasteiger partial charge in [-0.2, -0.15) is 11.8 Å². The molecule has 0 radical (unpaired) electrons. The smallest absolute Gasteiger partial charge is 0.328 e. The second-order valence-corrected chi connectivity index (χ2v) is 8.90. The van der Waals surface area contributed by atoms with Gasteiger partial charge in [-0.15, -0.1) is 0 Å². The van der Waals surface area contributed by atoms with E-state index in [9.17, 15) is 14.4 Å². The Kier molecular flexibility index (Phi) is 11.0. The number of carbonyl (C=O) groups excluding carboxylic acids is 2. The lowest BCUT2D eigenvalue weighted by Crippen LogP contribution is -2.42. The molecule has 33 heavy (non-hydrogen) atoms. The summed E-state index contributed by atoms with van der Waals surface area (Å²) in [5.41, 5.74) is 3.89. The molecule has 0 saturated carbocycles. The summed E-state index contributed by atoms with van der Waals surface area (Å²) >= 11 is 1.60. The zero-order chi connectivity index (χ0) is 24.2. The highest BCUT2D eigenvalue weighted by Crippen LogP contribution is 2.29. The van der Waals surface area contributed by atoms with Crippen molar-refractivity contribution in [1.29, 1.82) is 0 Å². The van der Waals surface area contributed by atoms with Crippen molar-refractivity contribution in [2.24, 2.45) is 0 Å². The van der Waals surface area contributed by atoms with Crippen molar-refractivity contribution in [2.45, 2.75) is 52.0 Å². The van der Waals surface area contributed by atoms with E-state index in [4.69, 9.17) is 9.84 Å². The predicted molar refractivity (Wildman–Crippen MR) is 133 cm³/mol. The van der Waals surface area contributed by atoms with Gasteiger partial charge in [-0.05, 0) is 66.5 Å². The zero-order valence-corrected chi connectivity index (χ0v) is 20.4. The fourth-order valence-electron chi connectivity index (χ4n) is 3.43. The van der Waals surface area contributed by atoms with Gasteiger partial charge in [-0.1, -0.05) is 49.7 Å². The topological polar surface area (TPSA) is 92.7 Å². The van der Waals surface area contributed by atoms with E-state index >= 15 is 0 Å². The number of unbranched alkanes of at least 4 members (excludes halogenated alkanes) is 1. The lowest BCUT2D eigenvalue weighted by Gasteiger charge is -2.19. The summed E-state index contributed by atoms with van der Waals surface area (Å²) in [6, 6.07) is 12.4. The van der Waals surface area contributed by atoms with Crippen LogP contribution in [-0.4, -0.2) is 47.6 Å². The van der Waals surface area contributed by atoms with Crippen LogP contribution in [0, 0.1) is 6.92 Å². The number of carboxylic acid groups (broad SMARTS) is 1. The third kappa shape index (κ3) is 8.24. The number of rotatable bonds is 13. The van der Waals surface area contributed by atoms with Crippen LogP contribution >= 0.6 is 11.8 Å². The normalized spacial score (nSPS) is 11.6. The Labute approximate surface area is 200 Å². The summed E-state index contributed by atoms with van der Waals surface area (Å²) in [6.07, 6.45) is 4.52. The number of carboxylic acids is 1. The molecule has 0 aliphatic rings. The molecular formula is C26H33NO5S. The van der Waals surface area contributed by atoms with Crippen molar-refractivity contribution < 1.29 is 24.2 Å². The molecule has 0 spiro atoms. The van der Waals surface area contributed by atoms with Crippen molar-refractivity contribution in [1.82, 2.24) is 5.32 Å². The molecule has 1 atom stereocenters. The minimum Gasteiger partial charge on any atom is -0.481 e. The Hall–Kier alpha value is -2.80. The summed E-state index contributed by atoms with van der Waals surface area (Å²) in [4.78, 5) is 36.9. The van der Waals surface area contributed by atoms with Gasteiger partial charge in [-0.3, -0.25) is 9.59 Å². The van der Waals surface area contributed by atoms with Gasteiger partial charge in [0.25, 0.3) is 5.91 Å². The zero-order valence-electron chi connectivity index (χ0n) is 19.6. The number of aliphatic carboxylic acids is 1. The fourth-order valence-corrected chi connectivity index (χ4v) is 3.90. The number of benzene rings is 2. The highest BCUT2D eigenvalue weighted by atomic mass is 32.2. The van der Waals surface area contributed by atoms with E-state index in [2.05, 4.69) is 5.32 Å². The van der Waals surface area contributed by atoms with E-state index in [1.54, 1.807) is 23.9 Å². The van der Waals surface area contributed by atoms with Crippen LogP contribution in [0.15, 0.2) is 42.5 Å². The van der Waals surface area contributed by atoms with Crippen molar-refractivity contribution in [3.8, 4) is 11.1 Å². The third-order valence-electron chi connectivity index (χ3n) is 5.33. The van der Waals surface area contributed by atoms with Crippen molar-refractivity contribution in [2.75, 3.05) is 18.6 Å². The molecule has 178 valence electrons. The van der Waals surface area contributed by atoms with Crippen LogP contribution < -0.4 is 5.32 Å². The van der Waals surface area contributed by atoms with Gasteiger partial charge in [0, 0.05) is 12.0 Å². The predicted octanol–water partition coefficient (Wildman–Crippen LogP) is 4.87. The highest BCUT2D eigenvalue weighted by molar-refractivity contribution is 7.98. The molecule has 0 saturated heterocycles. The molecular weight excluding hydrogens is 438 g/mol. The number of aryl methyl sites for hydroxylation is 2. The van der Waals surface area contributed by atoms with Crippen molar-refractivity contribution >= 4 is 29.6 Å². The molecule has 0 aliphatic heterocycles. The van der Waals surface area contributed by atoms with E-state index in [1.807, 2.05) is 50.4 Å². The van der Waals surface area contributed by atoms with Gasteiger partial charge in [0.15, 0.2) is 0 Å². The van der Waals surface area contributed by atoms with Gasteiger partial charge in [0.2, 0.25) is 0 Å². The van der Waals surface area contributed by atoms with Crippen molar-refractivity contribution in [3.05, 3.63) is 59.2 Å². The molecule has 0 heterocycles. The molecule has 6 nitrogen and oxygen atoms in total. The van der Waals surface area contributed by atoms with Gasteiger partial charge in [0.1, 0.15) is 6.04 Å². The Morgan fingerprint density at radius 2 is 1.88 bits per heavy atom. The Balaban J connectivity index is 2.35. The highest BCUT2D eigenvalue weighted by Gasteiger charge is 2.24. The minimum absolute atomic E-state index is 0.0130. The van der Waals surface area contributed by atoms with Crippen LogP contribution in [0.5, 0.6) is 0 Å². The maximum Gasteiger partial charge on any atom is 0.328 e. The van der Waals surface area contributed by atoms with E-state index < -0.39 is 18.0 Å². The number of ether oxygens (including phenoxy) is 1. The molecule has 2 rings (SSSR count). The molecule has 0 aliphatic carbocycles. The fraction of sp³-hybridized carbons (Fsp3) is 0.423. The number of thioether (sulfide) groups is 1. The lowest BCUT2D eigenvalue weighted by atomic mass is 9.92. The maximum absolute atomic E-state index is 13.3. The monoisotopic (exact) mass is 471 g/mol. The molecule has 2 aromatic carbocycles. The average Bonchev–Trinajstić information content (AvgIpc) is 2.80. The van der Waals surface area contributed by atoms with Crippen LogP contribution in [0.4, 0.5) is 0 Å². The third-order valence-corrected chi connectivity index (χ3v) is 5.98. The first-order valence-electron chi connectivity index (χ1n) is 11.2. The van der Waals surface area contributed by atoms with Crippen molar-refractivity contribution in [3.63, 3.8) is 0 Å². The standard InChI is InChI=1S/C26H33NO5S/c1-4-5-15-32-26(31)23(14-16-33-3)27-25(30)21-12-10-19(11-13-24(28)29)17-22(21)20-9-7-6-8-18(20)2/h6-10,12,17,23H,4-5,11,13-16H2,1-3H3,(H,27,30)(H,28,29). The Morgan fingerprint density at radius 3 is 2.55 bits per heavy atom. The Morgan fingerprint density at radius 1 is 1.12 bits per heavy atom. The quantitative estimate of drug-likeness (QED) is 0.320. The first-order valence-corrected chi connectivity index (χ1v) is 12.6. The second-order valence-electron chi connectivity index (χ2n) is 7.92. The Bertz CT molecular complexity index is 959. The van der Waals surface area contributed by atoms with Crippen LogP contribution in [-0.2, 0) is 20.7 Å². The molecule has 1 amide bonds. The first kappa shape index (κ1) is 26.5. The number of nitrogens with one attached hydrogen (secondary N) is 1. The van der Waals surface area contributed by atoms with E-state index in [0.29, 0.717) is 30.8 Å². The van der Waals surface area contributed by atoms with Crippen LogP contribution in [0.1, 0.15) is 54.1 Å². The summed E-state index contributed by atoms with van der Waals surface area (Å²) in [5.74, 6) is -0.919. The van der Waals surface area contributed by atoms with Gasteiger partial charge >= 0.3 is 11.9 Å².